The number of benzene rings is 1. The molecule has 1 heterocycles. The molecule has 2 rings (SSSR count). The summed E-state index contributed by atoms with van der Waals surface area (Å²) in [6.07, 6.45) is 1.44. The van der Waals surface area contributed by atoms with Crippen LogP contribution in [0.3, 0.4) is 0 Å². The first-order valence-electron chi connectivity index (χ1n) is 9.23. The largest absolute Gasteiger partial charge is 0.375 e. The fourth-order valence-corrected chi connectivity index (χ4v) is 3.02. The molecule has 0 radical (unpaired) electrons. The van der Waals surface area contributed by atoms with Crippen molar-refractivity contribution in [3.63, 3.8) is 0 Å². The highest BCUT2D eigenvalue weighted by Crippen LogP contribution is 2.18. The fourth-order valence-electron chi connectivity index (χ4n) is 3.02. The van der Waals surface area contributed by atoms with Gasteiger partial charge in [-0.15, -0.1) is 0 Å². The molecular weight excluding hydrogens is 333 g/mol. The van der Waals surface area contributed by atoms with E-state index in [4.69, 9.17) is 0 Å². The maximum atomic E-state index is 14.1. The van der Waals surface area contributed by atoms with E-state index in [1.54, 1.807) is 11.0 Å². The monoisotopic (exact) mass is 363 g/mol. The molecule has 2 N–H and O–H groups in total. The van der Waals surface area contributed by atoms with Crippen molar-refractivity contribution in [2.75, 3.05) is 38.6 Å². The number of anilines is 1. The van der Waals surface area contributed by atoms with Crippen LogP contribution in [-0.2, 0) is 11.3 Å². The smallest absolute Gasteiger partial charge is 0.222 e. The molecule has 1 saturated heterocycles. The second-order valence-corrected chi connectivity index (χ2v) is 6.70. The summed E-state index contributed by atoms with van der Waals surface area (Å²) in [5.41, 5.74) is 1.38. The zero-order valence-electron chi connectivity index (χ0n) is 16.2. The quantitative estimate of drug-likeness (QED) is 0.599. The van der Waals surface area contributed by atoms with Crippen molar-refractivity contribution in [1.82, 2.24) is 15.5 Å². The summed E-state index contributed by atoms with van der Waals surface area (Å²) in [7, 11) is 3.63. The number of carbonyl (C=O) groups excluding carboxylic acids is 1. The predicted octanol–water partition coefficient (Wildman–Crippen LogP) is 1.96. The molecular formula is C19H30FN5O. The van der Waals surface area contributed by atoms with E-state index in [0.29, 0.717) is 31.2 Å². The van der Waals surface area contributed by atoms with Gasteiger partial charge in [0.2, 0.25) is 5.91 Å². The Labute approximate surface area is 155 Å². The van der Waals surface area contributed by atoms with E-state index in [9.17, 15) is 9.18 Å². The number of aliphatic imine (C=N–C) groups is 1. The van der Waals surface area contributed by atoms with Crippen molar-refractivity contribution in [2.45, 2.75) is 39.3 Å². The van der Waals surface area contributed by atoms with E-state index in [1.165, 1.54) is 6.07 Å². The van der Waals surface area contributed by atoms with Crippen LogP contribution in [0.4, 0.5) is 10.1 Å². The maximum Gasteiger partial charge on any atom is 0.222 e. The molecule has 0 aromatic heterocycles. The molecule has 1 fully saturated rings. The molecule has 0 spiro atoms. The summed E-state index contributed by atoms with van der Waals surface area (Å²) in [6.45, 7) is 6.50. The zero-order valence-corrected chi connectivity index (χ0v) is 16.2. The number of likely N-dealkylation sites (tertiary alicyclic amines) is 1. The Balaban J connectivity index is 1.98. The van der Waals surface area contributed by atoms with Gasteiger partial charge in [0.25, 0.3) is 0 Å². The Kier molecular flexibility index (Phi) is 7.24. The molecule has 0 bridgehead atoms. The van der Waals surface area contributed by atoms with Gasteiger partial charge in [-0.2, -0.15) is 0 Å². The van der Waals surface area contributed by atoms with E-state index in [0.717, 1.165) is 25.1 Å². The van der Waals surface area contributed by atoms with Gasteiger partial charge >= 0.3 is 0 Å². The minimum absolute atomic E-state index is 0.188. The van der Waals surface area contributed by atoms with E-state index in [2.05, 4.69) is 15.6 Å². The summed E-state index contributed by atoms with van der Waals surface area (Å²) >= 11 is 0. The van der Waals surface area contributed by atoms with Gasteiger partial charge in [-0.05, 0) is 31.0 Å². The molecule has 26 heavy (non-hydrogen) atoms. The number of hydrogen-bond donors (Lipinski definition) is 2. The molecule has 1 unspecified atom stereocenters. The Hall–Kier alpha value is -2.31. The number of guanidine groups is 1. The molecule has 1 aromatic rings. The summed E-state index contributed by atoms with van der Waals surface area (Å²) in [5.74, 6) is 0.637. The first kappa shape index (κ1) is 20.0. The molecule has 6 nitrogen and oxygen atoms in total. The van der Waals surface area contributed by atoms with E-state index >= 15 is 0 Å². The lowest BCUT2D eigenvalue weighted by Crippen LogP contribution is -2.45. The maximum absolute atomic E-state index is 14.1. The zero-order chi connectivity index (χ0) is 19.1. The molecule has 0 saturated carbocycles. The van der Waals surface area contributed by atoms with Gasteiger partial charge in [0.1, 0.15) is 5.82 Å². The van der Waals surface area contributed by atoms with Gasteiger partial charge in [0.15, 0.2) is 5.96 Å². The van der Waals surface area contributed by atoms with Crippen molar-refractivity contribution in [1.29, 1.82) is 0 Å². The van der Waals surface area contributed by atoms with Crippen LogP contribution in [0.1, 0.15) is 32.3 Å². The summed E-state index contributed by atoms with van der Waals surface area (Å²) in [4.78, 5) is 20.0. The average Bonchev–Trinajstić information content (AvgIpc) is 3.07. The standard InChI is InChI=1S/C19H30FN5O/c1-5-18(26)25-10-9-15(13-25)23-19(21-6-2)22-12-14-7-8-17(24(3)4)16(20)11-14/h7-8,11,15H,5-6,9-10,12-13H2,1-4H3,(H2,21,22,23). The van der Waals surface area contributed by atoms with Crippen LogP contribution >= 0.6 is 0 Å². The summed E-state index contributed by atoms with van der Waals surface area (Å²) < 4.78 is 14.1. The van der Waals surface area contributed by atoms with Crippen LogP contribution in [0.5, 0.6) is 0 Å². The van der Waals surface area contributed by atoms with Crippen LogP contribution in [0.15, 0.2) is 23.2 Å². The fraction of sp³-hybridized carbons (Fsp3) is 0.579. The first-order chi connectivity index (χ1) is 12.4. The van der Waals surface area contributed by atoms with Crippen LogP contribution in [0.2, 0.25) is 0 Å². The van der Waals surface area contributed by atoms with E-state index in [-0.39, 0.29) is 17.8 Å². The molecule has 144 valence electrons. The Morgan fingerprint density at radius 1 is 1.38 bits per heavy atom. The summed E-state index contributed by atoms with van der Waals surface area (Å²) in [6, 6.07) is 5.38. The minimum atomic E-state index is -0.245. The lowest BCUT2D eigenvalue weighted by molar-refractivity contribution is -0.129. The number of nitrogens with zero attached hydrogens (tertiary/aromatic N) is 3. The minimum Gasteiger partial charge on any atom is -0.375 e. The third-order valence-corrected chi connectivity index (χ3v) is 4.44. The normalized spacial score (nSPS) is 17.3. The number of halogens is 1. The van der Waals surface area contributed by atoms with Gasteiger partial charge < -0.3 is 20.4 Å². The third-order valence-electron chi connectivity index (χ3n) is 4.44. The van der Waals surface area contributed by atoms with Gasteiger partial charge in [0.05, 0.1) is 12.2 Å². The highest BCUT2D eigenvalue weighted by atomic mass is 19.1. The molecule has 1 atom stereocenters. The lowest BCUT2D eigenvalue weighted by Gasteiger charge is -2.19. The molecule has 0 aliphatic carbocycles. The first-order valence-corrected chi connectivity index (χ1v) is 9.23. The Morgan fingerprint density at radius 2 is 2.15 bits per heavy atom. The predicted molar refractivity (Wildman–Crippen MR) is 104 cm³/mol. The SMILES string of the molecule is CCNC(=NCc1ccc(N(C)C)c(F)c1)NC1CCN(C(=O)CC)C1. The Morgan fingerprint density at radius 3 is 2.77 bits per heavy atom. The van der Waals surface area contributed by atoms with Crippen molar-refractivity contribution in [2.24, 2.45) is 4.99 Å². The van der Waals surface area contributed by atoms with Gasteiger partial charge in [-0.3, -0.25) is 4.79 Å². The van der Waals surface area contributed by atoms with Gasteiger partial charge in [0, 0.05) is 46.2 Å². The molecule has 1 aliphatic rings. The number of rotatable bonds is 6. The Bertz CT molecular complexity index is 647. The number of hydrogen-bond acceptors (Lipinski definition) is 3. The number of carbonyl (C=O) groups is 1. The molecule has 7 heteroatoms. The van der Waals surface area contributed by atoms with Crippen molar-refractivity contribution < 1.29 is 9.18 Å². The second-order valence-electron chi connectivity index (χ2n) is 6.70. The van der Waals surface area contributed by atoms with Crippen molar-refractivity contribution in [3.05, 3.63) is 29.6 Å². The van der Waals surface area contributed by atoms with Gasteiger partial charge in [-0.25, -0.2) is 9.38 Å². The van der Waals surface area contributed by atoms with Gasteiger partial charge in [-0.1, -0.05) is 13.0 Å². The van der Waals surface area contributed by atoms with Crippen LogP contribution in [0, 0.1) is 5.82 Å². The topological polar surface area (TPSA) is 60.0 Å². The number of nitrogens with one attached hydrogen (secondary N) is 2. The van der Waals surface area contributed by atoms with Crippen LogP contribution in [0.25, 0.3) is 0 Å². The number of amides is 1. The highest BCUT2D eigenvalue weighted by Gasteiger charge is 2.25. The molecule has 1 amide bonds. The van der Waals surface area contributed by atoms with E-state index in [1.807, 2.05) is 38.9 Å². The van der Waals surface area contributed by atoms with Crippen LogP contribution in [-0.4, -0.2) is 56.5 Å². The average molecular weight is 363 g/mol. The van der Waals surface area contributed by atoms with E-state index < -0.39 is 0 Å². The molecule has 1 aliphatic heterocycles. The van der Waals surface area contributed by atoms with Crippen molar-refractivity contribution >= 4 is 17.6 Å². The second kappa shape index (κ2) is 9.40. The van der Waals surface area contributed by atoms with Crippen molar-refractivity contribution in [3.8, 4) is 0 Å². The van der Waals surface area contributed by atoms with Crippen LogP contribution < -0.4 is 15.5 Å². The summed E-state index contributed by atoms with van der Waals surface area (Å²) in [5, 5.41) is 6.60. The third kappa shape index (κ3) is 5.34. The lowest BCUT2D eigenvalue weighted by atomic mass is 10.2. The highest BCUT2D eigenvalue weighted by molar-refractivity contribution is 5.80. The molecule has 1 aromatic carbocycles.